The van der Waals surface area contributed by atoms with Crippen molar-refractivity contribution in [2.24, 2.45) is 0 Å². The van der Waals surface area contributed by atoms with Crippen LogP contribution < -0.4 is 5.32 Å². The lowest BCUT2D eigenvalue weighted by molar-refractivity contribution is 0.217. The highest BCUT2D eigenvalue weighted by molar-refractivity contribution is 4.73. The van der Waals surface area contributed by atoms with Crippen molar-refractivity contribution in [1.82, 2.24) is 10.2 Å². The fourth-order valence-electron chi connectivity index (χ4n) is 1.30. The summed E-state index contributed by atoms with van der Waals surface area (Å²) in [5, 5.41) is 3.40. The highest BCUT2D eigenvalue weighted by Gasteiger charge is 2.12. The molecular formula is C11H28N2. The smallest absolute Gasteiger partial charge is 0.0167 e. The summed E-state index contributed by atoms with van der Waals surface area (Å²) < 4.78 is 0. The number of piperazine rings is 1. The lowest BCUT2D eigenvalue weighted by atomic mass is 10.2. The van der Waals surface area contributed by atoms with Gasteiger partial charge in [0.25, 0.3) is 0 Å². The van der Waals surface area contributed by atoms with E-state index in [1.54, 1.807) is 0 Å². The van der Waals surface area contributed by atoms with Crippen LogP contribution in [0.5, 0.6) is 0 Å². The summed E-state index contributed by atoms with van der Waals surface area (Å²) in [7, 11) is 0. The minimum Gasteiger partial charge on any atom is -0.312 e. The van der Waals surface area contributed by atoms with E-state index in [1.165, 1.54) is 19.6 Å². The number of hydrogen-bond donors (Lipinski definition) is 1. The van der Waals surface area contributed by atoms with Crippen LogP contribution in [0.3, 0.4) is 0 Å². The quantitative estimate of drug-likeness (QED) is 0.679. The minimum atomic E-state index is 0.693. The Morgan fingerprint density at radius 3 is 2.08 bits per heavy atom. The first-order valence-electron chi connectivity index (χ1n) is 5.78. The van der Waals surface area contributed by atoms with Crippen molar-refractivity contribution in [3.05, 3.63) is 0 Å². The van der Waals surface area contributed by atoms with Crippen LogP contribution in [-0.2, 0) is 0 Å². The van der Waals surface area contributed by atoms with Gasteiger partial charge in [-0.1, -0.05) is 34.6 Å². The third kappa shape index (κ3) is 8.26. The Balaban J connectivity index is 0. The summed E-state index contributed by atoms with van der Waals surface area (Å²) in [5.74, 6) is 0. The maximum Gasteiger partial charge on any atom is 0.0167 e. The molecule has 2 nitrogen and oxygen atoms in total. The zero-order valence-electron chi connectivity index (χ0n) is 10.4. The highest BCUT2D eigenvalue weighted by Crippen LogP contribution is 1.95. The molecule has 0 aromatic carbocycles. The van der Waals surface area contributed by atoms with Gasteiger partial charge < -0.3 is 10.2 Å². The molecule has 1 rings (SSSR count). The fraction of sp³-hybridized carbons (Fsp3) is 1.00. The second-order valence-electron chi connectivity index (χ2n) is 2.75. The molecule has 0 saturated carbocycles. The van der Waals surface area contributed by atoms with Crippen LogP contribution in [0.15, 0.2) is 0 Å². The van der Waals surface area contributed by atoms with Crippen molar-refractivity contribution in [2.75, 3.05) is 26.2 Å². The van der Waals surface area contributed by atoms with Gasteiger partial charge in [-0.2, -0.15) is 0 Å². The zero-order chi connectivity index (χ0) is 10.7. The van der Waals surface area contributed by atoms with Crippen LogP contribution in [0.25, 0.3) is 0 Å². The lowest BCUT2D eigenvalue weighted by Crippen LogP contribution is -2.48. The van der Waals surface area contributed by atoms with E-state index in [0.717, 1.165) is 6.54 Å². The van der Waals surface area contributed by atoms with Gasteiger partial charge in [0.15, 0.2) is 0 Å². The van der Waals surface area contributed by atoms with Crippen molar-refractivity contribution in [3.63, 3.8) is 0 Å². The van der Waals surface area contributed by atoms with Crippen molar-refractivity contribution < 1.29 is 0 Å². The van der Waals surface area contributed by atoms with Gasteiger partial charge in [-0.05, 0) is 13.5 Å². The molecule has 13 heavy (non-hydrogen) atoms. The second kappa shape index (κ2) is 11.9. The molecule has 0 spiro atoms. The van der Waals surface area contributed by atoms with Crippen molar-refractivity contribution >= 4 is 0 Å². The number of hydrogen-bond acceptors (Lipinski definition) is 2. The lowest BCUT2D eigenvalue weighted by Gasteiger charge is -2.30. The molecule has 1 saturated heterocycles. The van der Waals surface area contributed by atoms with E-state index in [4.69, 9.17) is 0 Å². The van der Waals surface area contributed by atoms with E-state index in [0.29, 0.717) is 6.04 Å². The molecule has 0 amide bonds. The fourth-order valence-corrected chi connectivity index (χ4v) is 1.30. The molecule has 0 aromatic heterocycles. The Hall–Kier alpha value is -0.0800. The van der Waals surface area contributed by atoms with E-state index >= 15 is 0 Å². The van der Waals surface area contributed by atoms with E-state index in [-0.39, 0.29) is 0 Å². The molecule has 0 aromatic rings. The summed E-state index contributed by atoms with van der Waals surface area (Å²) in [6, 6.07) is 0.693. The molecule has 82 valence electrons. The van der Waals surface area contributed by atoms with Gasteiger partial charge in [-0.15, -0.1) is 0 Å². The molecule has 1 atom stereocenters. The molecule has 1 fully saturated rings. The van der Waals surface area contributed by atoms with Gasteiger partial charge in [0.1, 0.15) is 0 Å². The Labute approximate surface area is 84.7 Å². The Morgan fingerprint density at radius 2 is 1.77 bits per heavy atom. The summed E-state index contributed by atoms with van der Waals surface area (Å²) in [6.45, 7) is 17.3. The first-order valence-corrected chi connectivity index (χ1v) is 5.78. The van der Waals surface area contributed by atoms with Gasteiger partial charge in [-0.3, -0.25) is 0 Å². The van der Waals surface area contributed by atoms with Gasteiger partial charge >= 0.3 is 0 Å². The topological polar surface area (TPSA) is 15.3 Å². The normalized spacial score (nSPS) is 22.2. The molecule has 2 heteroatoms. The van der Waals surface area contributed by atoms with Gasteiger partial charge in [-0.25, -0.2) is 0 Å². The monoisotopic (exact) mass is 188 g/mol. The number of likely N-dealkylation sites (N-methyl/N-ethyl adjacent to an activating group) is 1. The predicted molar refractivity (Wildman–Crippen MR) is 62.3 cm³/mol. The van der Waals surface area contributed by atoms with E-state index in [9.17, 15) is 0 Å². The van der Waals surface area contributed by atoms with Gasteiger partial charge in [0.2, 0.25) is 0 Å². The van der Waals surface area contributed by atoms with E-state index in [1.807, 2.05) is 27.7 Å². The second-order valence-corrected chi connectivity index (χ2v) is 2.75. The minimum absolute atomic E-state index is 0.693. The molecule has 0 aliphatic carbocycles. The third-order valence-electron chi connectivity index (χ3n) is 1.90. The van der Waals surface area contributed by atoms with Crippen LogP contribution in [0.2, 0.25) is 0 Å². The van der Waals surface area contributed by atoms with Crippen molar-refractivity contribution in [1.29, 1.82) is 0 Å². The molecule has 0 bridgehead atoms. The summed E-state index contributed by atoms with van der Waals surface area (Å²) in [6.07, 6.45) is 0. The van der Waals surface area contributed by atoms with Crippen molar-refractivity contribution in [2.45, 2.75) is 47.6 Å². The zero-order valence-corrected chi connectivity index (χ0v) is 10.4. The van der Waals surface area contributed by atoms with E-state index in [2.05, 4.69) is 24.1 Å². The molecule has 1 aliphatic heterocycles. The molecule has 1 heterocycles. The molecule has 1 N–H and O–H groups in total. The largest absolute Gasteiger partial charge is 0.312 e. The van der Waals surface area contributed by atoms with Gasteiger partial charge in [0, 0.05) is 25.7 Å². The van der Waals surface area contributed by atoms with Gasteiger partial charge in [0.05, 0.1) is 0 Å². The van der Waals surface area contributed by atoms with Crippen molar-refractivity contribution in [3.8, 4) is 0 Å². The number of nitrogens with one attached hydrogen (secondary N) is 1. The Kier molecular flexibility index (Phi) is 14.1. The van der Waals surface area contributed by atoms with Crippen LogP contribution in [-0.4, -0.2) is 37.1 Å². The SMILES string of the molecule is CC.CC.CCN1CCNC(C)C1. The first kappa shape index (κ1) is 15.4. The average molecular weight is 188 g/mol. The van der Waals surface area contributed by atoms with Crippen LogP contribution >= 0.6 is 0 Å². The van der Waals surface area contributed by atoms with Crippen LogP contribution in [0.1, 0.15) is 41.5 Å². The summed E-state index contributed by atoms with van der Waals surface area (Å²) in [4.78, 5) is 2.47. The maximum atomic E-state index is 3.40. The maximum absolute atomic E-state index is 3.40. The van der Waals surface area contributed by atoms with Crippen LogP contribution in [0.4, 0.5) is 0 Å². The summed E-state index contributed by atoms with van der Waals surface area (Å²) in [5.41, 5.74) is 0. The first-order chi connectivity index (χ1) is 6.33. The molecule has 1 aliphatic rings. The Bertz CT molecular complexity index is 84.2. The summed E-state index contributed by atoms with van der Waals surface area (Å²) >= 11 is 0. The van der Waals surface area contributed by atoms with E-state index < -0.39 is 0 Å². The van der Waals surface area contributed by atoms with Crippen LogP contribution in [0, 0.1) is 0 Å². The molecular weight excluding hydrogens is 160 g/mol. The number of nitrogens with zero attached hydrogens (tertiary/aromatic N) is 1. The Morgan fingerprint density at radius 1 is 1.23 bits per heavy atom. The predicted octanol–water partition coefficient (Wildman–Crippen LogP) is 2.35. The average Bonchev–Trinajstić information content (AvgIpc) is 2.24. The third-order valence-corrected chi connectivity index (χ3v) is 1.90. The standard InChI is InChI=1S/C7H16N2.2C2H6/c1-3-9-5-4-8-7(2)6-9;2*1-2/h7-8H,3-6H2,1-2H3;2*1-2H3. The highest BCUT2D eigenvalue weighted by atomic mass is 15.2. The number of rotatable bonds is 1. The molecule has 0 radical (unpaired) electrons. The molecule has 1 unspecified atom stereocenters.